The number of benzene rings is 6. The highest BCUT2D eigenvalue weighted by Crippen LogP contribution is 2.39. The summed E-state index contributed by atoms with van der Waals surface area (Å²) in [5.41, 5.74) is 15.3. The molecule has 0 saturated carbocycles. The van der Waals surface area contributed by atoms with Crippen molar-refractivity contribution >= 4 is 21.9 Å². The van der Waals surface area contributed by atoms with Crippen molar-refractivity contribution in [3.8, 4) is 55.9 Å². The van der Waals surface area contributed by atoms with Gasteiger partial charge in [-0.3, -0.25) is 0 Å². The monoisotopic (exact) mass is 591 g/mol. The lowest BCUT2D eigenvalue weighted by atomic mass is 9.90. The Hall–Kier alpha value is -5.77. The lowest BCUT2D eigenvalue weighted by molar-refractivity contribution is 0.110. The summed E-state index contributed by atoms with van der Waals surface area (Å²) in [6.07, 6.45) is 0. The van der Waals surface area contributed by atoms with Gasteiger partial charge in [-0.25, -0.2) is 4.98 Å². The highest BCUT2D eigenvalue weighted by atomic mass is 16.5. The van der Waals surface area contributed by atoms with Gasteiger partial charge in [0.2, 0.25) is 0 Å². The summed E-state index contributed by atoms with van der Waals surface area (Å²) < 4.78 is 12.4. The van der Waals surface area contributed by atoms with Gasteiger partial charge in [0.15, 0.2) is 0 Å². The second-order valence-corrected chi connectivity index (χ2v) is 11.9. The number of ether oxygens (including phenoxy) is 1. The van der Waals surface area contributed by atoms with Crippen LogP contribution in [0.3, 0.4) is 0 Å². The van der Waals surface area contributed by atoms with Crippen LogP contribution < -0.4 is 0 Å². The van der Waals surface area contributed by atoms with Crippen molar-refractivity contribution in [1.29, 1.82) is 0 Å². The normalized spacial score (nSPS) is 12.5. The summed E-state index contributed by atoms with van der Waals surface area (Å²) in [7, 11) is 0. The molecule has 6 aromatic carbocycles. The van der Waals surface area contributed by atoms with Gasteiger partial charge < -0.3 is 9.15 Å². The maximum absolute atomic E-state index is 6.23. The number of aromatic nitrogens is 1. The summed E-state index contributed by atoms with van der Waals surface area (Å²) in [5, 5.41) is 2.29. The Bertz CT molecular complexity index is 2330. The Morgan fingerprint density at radius 2 is 1.00 bits per heavy atom. The maximum Gasteiger partial charge on any atom is 0.136 e. The molecule has 9 rings (SSSR count). The first-order valence-electron chi connectivity index (χ1n) is 15.7. The second kappa shape index (κ2) is 11.0. The fraction of sp³-hybridized carbons (Fsp3) is 0.0465. The molecule has 0 amide bonds. The average Bonchev–Trinajstić information content (AvgIpc) is 3.40. The molecule has 0 bridgehead atoms. The molecule has 3 heterocycles. The third-order valence-electron chi connectivity index (χ3n) is 9.03. The number of pyridine rings is 1. The highest BCUT2D eigenvalue weighted by Gasteiger charge is 2.18. The lowest BCUT2D eigenvalue weighted by Crippen LogP contribution is -1.94. The van der Waals surface area contributed by atoms with Crippen LogP contribution in [0.2, 0.25) is 0 Å². The SMILES string of the molecule is c1ccc(-c2cc(-c3ccc4c(c3)COCc3ccc(-c5ccc6c(c5)oc5ccccc56)cc3-4)cc(-c3ccccc3)n2)cc1. The zero-order valence-electron chi connectivity index (χ0n) is 25.1. The number of nitrogens with zero attached hydrogens (tertiary/aromatic N) is 1. The summed E-state index contributed by atoms with van der Waals surface area (Å²) >= 11 is 0. The first kappa shape index (κ1) is 26.6. The van der Waals surface area contributed by atoms with Crippen LogP contribution in [0.15, 0.2) is 156 Å². The molecule has 0 saturated heterocycles. The summed E-state index contributed by atoms with van der Waals surface area (Å²) in [5.74, 6) is 0. The molecule has 46 heavy (non-hydrogen) atoms. The number of furan rings is 1. The van der Waals surface area contributed by atoms with Gasteiger partial charge >= 0.3 is 0 Å². The van der Waals surface area contributed by atoms with Gasteiger partial charge in [-0.2, -0.15) is 0 Å². The molecular weight excluding hydrogens is 562 g/mol. The van der Waals surface area contributed by atoms with Crippen LogP contribution in [0.25, 0.3) is 77.8 Å². The quantitative estimate of drug-likeness (QED) is 0.204. The van der Waals surface area contributed by atoms with Crippen molar-refractivity contribution < 1.29 is 9.15 Å². The Labute approximate surface area is 267 Å². The van der Waals surface area contributed by atoms with Crippen molar-refractivity contribution in [1.82, 2.24) is 4.98 Å². The largest absolute Gasteiger partial charge is 0.456 e. The zero-order chi connectivity index (χ0) is 30.5. The molecule has 2 aromatic heterocycles. The Balaban J connectivity index is 1.13. The van der Waals surface area contributed by atoms with E-state index in [1.165, 1.54) is 22.3 Å². The number of para-hydroxylation sites is 1. The van der Waals surface area contributed by atoms with E-state index in [9.17, 15) is 0 Å². The Morgan fingerprint density at radius 3 is 1.78 bits per heavy atom. The van der Waals surface area contributed by atoms with Crippen LogP contribution in [0.1, 0.15) is 11.1 Å². The van der Waals surface area contributed by atoms with Crippen LogP contribution in [-0.2, 0) is 18.0 Å². The maximum atomic E-state index is 6.23. The molecule has 0 aliphatic carbocycles. The van der Waals surface area contributed by atoms with Gasteiger partial charge in [-0.15, -0.1) is 0 Å². The number of hydrogen-bond donors (Lipinski definition) is 0. The second-order valence-electron chi connectivity index (χ2n) is 11.9. The standard InChI is InChI=1S/C43H29NO2/c1-3-9-28(10-4-1)40-23-34(24-41(44-40)29-11-5-2-6-12-29)30-17-19-36-35(21-30)27-45-26-33-16-15-31(22-39(33)36)32-18-20-38-37-13-7-8-14-42(37)46-43(38)25-32/h1-25H,26-27H2. The van der Waals surface area contributed by atoms with Crippen LogP contribution in [-0.4, -0.2) is 4.98 Å². The Kier molecular flexibility index (Phi) is 6.36. The van der Waals surface area contributed by atoms with E-state index in [1.807, 2.05) is 24.3 Å². The summed E-state index contributed by atoms with van der Waals surface area (Å²) in [6, 6.07) is 53.4. The lowest BCUT2D eigenvalue weighted by Gasteiger charge is -2.14. The van der Waals surface area contributed by atoms with Gasteiger partial charge in [0.1, 0.15) is 11.2 Å². The summed E-state index contributed by atoms with van der Waals surface area (Å²) in [4.78, 5) is 5.07. The van der Waals surface area contributed by atoms with E-state index in [-0.39, 0.29) is 0 Å². The third-order valence-corrected chi connectivity index (χ3v) is 9.03. The van der Waals surface area contributed by atoms with E-state index in [1.54, 1.807) is 0 Å². The first-order chi connectivity index (χ1) is 22.8. The molecule has 1 aliphatic heterocycles. The number of fused-ring (bicyclic) bond motifs is 6. The molecule has 3 nitrogen and oxygen atoms in total. The van der Waals surface area contributed by atoms with Crippen LogP contribution >= 0.6 is 0 Å². The molecule has 1 aliphatic rings. The molecule has 8 aromatic rings. The fourth-order valence-electron chi connectivity index (χ4n) is 6.68. The predicted molar refractivity (Wildman–Crippen MR) is 187 cm³/mol. The van der Waals surface area contributed by atoms with E-state index in [0.717, 1.165) is 66.7 Å². The first-order valence-corrected chi connectivity index (χ1v) is 15.7. The number of hydrogen-bond acceptors (Lipinski definition) is 3. The highest BCUT2D eigenvalue weighted by molar-refractivity contribution is 6.06. The Morgan fingerprint density at radius 1 is 0.391 bits per heavy atom. The minimum absolute atomic E-state index is 0.556. The van der Waals surface area contributed by atoms with Crippen LogP contribution in [0.5, 0.6) is 0 Å². The van der Waals surface area contributed by atoms with E-state index < -0.39 is 0 Å². The molecule has 0 fully saturated rings. The van der Waals surface area contributed by atoms with E-state index in [0.29, 0.717) is 13.2 Å². The predicted octanol–water partition coefficient (Wildman–Crippen LogP) is 11.3. The van der Waals surface area contributed by atoms with Gasteiger partial charge in [-0.1, -0.05) is 109 Å². The summed E-state index contributed by atoms with van der Waals surface area (Å²) in [6.45, 7) is 1.13. The molecule has 0 unspecified atom stereocenters. The zero-order valence-corrected chi connectivity index (χ0v) is 25.1. The molecule has 3 heteroatoms. The minimum Gasteiger partial charge on any atom is -0.456 e. The molecule has 0 spiro atoms. The van der Waals surface area contributed by atoms with Crippen LogP contribution in [0, 0.1) is 0 Å². The van der Waals surface area contributed by atoms with E-state index >= 15 is 0 Å². The smallest absolute Gasteiger partial charge is 0.136 e. The average molecular weight is 592 g/mol. The van der Waals surface area contributed by atoms with Crippen molar-refractivity contribution in [3.63, 3.8) is 0 Å². The molecule has 0 radical (unpaired) electrons. The van der Waals surface area contributed by atoms with Gasteiger partial charge in [0.25, 0.3) is 0 Å². The van der Waals surface area contributed by atoms with E-state index in [2.05, 4.69) is 127 Å². The van der Waals surface area contributed by atoms with Gasteiger partial charge in [0, 0.05) is 21.9 Å². The van der Waals surface area contributed by atoms with E-state index in [4.69, 9.17) is 14.1 Å². The van der Waals surface area contributed by atoms with Gasteiger partial charge in [0.05, 0.1) is 24.6 Å². The topological polar surface area (TPSA) is 35.3 Å². The van der Waals surface area contributed by atoms with Crippen LogP contribution in [0.4, 0.5) is 0 Å². The third kappa shape index (κ3) is 4.70. The molecule has 0 atom stereocenters. The molecular formula is C43H29NO2. The van der Waals surface area contributed by atoms with Gasteiger partial charge in [-0.05, 0) is 87.0 Å². The molecule has 0 N–H and O–H groups in total. The number of rotatable bonds is 4. The van der Waals surface area contributed by atoms with Crippen molar-refractivity contribution in [2.75, 3.05) is 0 Å². The fourth-order valence-corrected chi connectivity index (χ4v) is 6.68. The minimum atomic E-state index is 0.556. The van der Waals surface area contributed by atoms with Crippen molar-refractivity contribution in [3.05, 3.63) is 163 Å². The molecule has 218 valence electrons. The van der Waals surface area contributed by atoms with Crippen molar-refractivity contribution in [2.24, 2.45) is 0 Å². The van der Waals surface area contributed by atoms with Crippen molar-refractivity contribution in [2.45, 2.75) is 13.2 Å².